The molecule has 15 heteroatoms. The number of carboxylic acids is 1. The van der Waals surface area contributed by atoms with Crippen molar-refractivity contribution in [1.82, 2.24) is 25.6 Å². The number of aromatic carboxylic acids is 1. The molecule has 3 heterocycles. The van der Waals surface area contributed by atoms with Crippen LogP contribution in [-0.2, 0) is 15.8 Å². The first-order chi connectivity index (χ1) is 16.5. The van der Waals surface area contributed by atoms with Gasteiger partial charge in [-0.05, 0) is 25.7 Å². The number of alkyl halides is 3. The molecule has 0 radical (unpaired) electrons. The van der Waals surface area contributed by atoms with E-state index in [2.05, 4.69) is 25.9 Å². The Hall–Kier alpha value is -3.75. The second-order valence-corrected chi connectivity index (χ2v) is 8.08. The summed E-state index contributed by atoms with van der Waals surface area (Å²) in [4.78, 5) is 49.7. The summed E-state index contributed by atoms with van der Waals surface area (Å²) in [5, 5.41) is 16.6. The second-order valence-electron chi connectivity index (χ2n) is 8.08. The Balaban J connectivity index is 1.39. The summed E-state index contributed by atoms with van der Waals surface area (Å²) in [5.41, 5.74) is -0.958. The van der Waals surface area contributed by atoms with Crippen LogP contribution >= 0.6 is 0 Å². The van der Waals surface area contributed by atoms with Crippen LogP contribution in [0.2, 0.25) is 0 Å². The molecule has 0 spiro atoms. The average molecular weight is 499 g/mol. The minimum Gasteiger partial charge on any atom is -0.478 e. The number of carbonyl (C=O) groups excluding carboxylic acids is 1. The minimum atomic E-state index is -4.86. The molecule has 1 amide bonds. The molecule has 1 fully saturated rings. The Kier molecular flexibility index (Phi) is 8.22. The van der Waals surface area contributed by atoms with Crippen LogP contribution in [0.3, 0.4) is 0 Å². The van der Waals surface area contributed by atoms with Gasteiger partial charge in [0.25, 0.3) is 5.56 Å². The number of hydroxylamine groups is 1. The molecule has 0 bridgehead atoms. The molecule has 1 atom stereocenters. The van der Waals surface area contributed by atoms with E-state index in [1.807, 2.05) is 4.90 Å². The molecule has 0 aromatic carbocycles. The number of hydrogen-bond acceptors (Lipinski definition) is 9. The van der Waals surface area contributed by atoms with Gasteiger partial charge in [-0.15, -0.1) is 0 Å². The largest absolute Gasteiger partial charge is 0.478 e. The van der Waals surface area contributed by atoms with Crippen molar-refractivity contribution in [2.24, 2.45) is 5.92 Å². The molecular weight excluding hydrogens is 475 g/mol. The number of halogens is 3. The van der Waals surface area contributed by atoms with E-state index in [0.717, 1.165) is 6.20 Å². The van der Waals surface area contributed by atoms with Crippen molar-refractivity contribution in [3.8, 4) is 0 Å². The standard InChI is InChI=1S/C20H24F3N7O5/c1-11(27-14-9-26-28-17(32)16(14)20(21,22)23)10-35-29-15(31)6-12-2-4-30(5-3-12)19-24-7-13(8-25-19)18(33)34/h7-9,11-12H,2-6,10H2,1H3,(H,29,31)(H,33,34)(H2,27,28,32)/t11-/m0/s1. The van der Waals surface area contributed by atoms with E-state index >= 15 is 0 Å². The summed E-state index contributed by atoms with van der Waals surface area (Å²) < 4.78 is 39.3. The zero-order valence-electron chi connectivity index (χ0n) is 18.6. The number of hydrogen-bond donors (Lipinski definition) is 4. The van der Waals surface area contributed by atoms with Gasteiger partial charge in [0, 0.05) is 37.9 Å². The zero-order valence-corrected chi connectivity index (χ0v) is 18.6. The maximum atomic E-state index is 13.1. The highest BCUT2D eigenvalue weighted by molar-refractivity contribution is 5.86. The topological polar surface area (TPSA) is 162 Å². The van der Waals surface area contributed by atoms with Crippen LogP contribution in [0.1, 0.15) is 42.1 Å². The minimum absolute atomic E-state index is 0.000266. The molecule has 2 aromatic rings. The lowest BCUT2D eigenvalue weighted by Crippen LogP contribution is -2.37. The molecule has 4 N–H and O–H groups in total. The fourth-order valence-corrected chi connectivity index (χ4v) is 3.58. The van der Waals surface area contributed by atoms with Crippen LogP contribution in [0.4, 0.5) is 24.8 Å². The number of aromatic nitrogens is 4. The summed E-state index contributed by atoms with van der Waals surface area (Å²) in [6, 6.07) is -0.671. The first-order valence-electron chi connectivity index (χ1n) is 10.7. The van der Waals surface area contributed by atoms with Gasteiger partial charge in [-0.3, -0.25) is 14.4 Å². The molecule has 35 heavy (non-hydrogen) atoms. The van der Waals surface area contributed by atoms with E-state index in [0.29, 0.717) is 31.9 Å². The number of carboxylic acid groups (broad SMARTS) is 1. The predicted molar refractivity (Wildman–Crippen MR) is 116 cm³/mol. The van der Waals surface area contributed by atoms with Crippen LogP contribution in [0.25, 0.3) is 0 Å². The Morgan fingerprint density at radius 3 is 2.51 bits per heavy atom. The number of nitrogens with zero attached hydrogens (tertiary/aromatic N) is 4. The molecule has 0 unspecified atom stereocenters. The van der Waals surface area contributed by atoms with Crippen molar-refractivity contribution in [3.05, 3.63) is 40.1 Å². The van der Waals surface area contributed by atoms with Gasteiger partial charge >= 0.3 is 12.1 Å². The van der Waals surface area contributed by atoms with E-state index < -0.39 is 35.0 Å². The van der Waals surface area contributed by atoms with Crippen LogP contribution in [-0.4, -0.2) is 62.9 Å². The predicted octanol–water partition coefficient (Wildman–Crippen LogP) is 1.43. The van der Waals surface area contributed by atoms with Gasteiger partial charge in [-0.25, -0.2) is 25.3 Å². The number of anilines is 2. The highest BCUT2D eigenvalue weighted by Gasteiger charge is 2.37. The maximum Gasteiger partial charge on any atom is 0.423 e. The third kappa shape index (κ3) is 7.11. The Morgan fingerprint density at radius 1 is 1.26 bits per heavy atom. The van der Waals surface area contributed by atoms with E-state index in [4.69, 9.17) is 9.94 Å². The van der Waals surface area contributed by atoms with E-state index in [1.165, 1.54) is 19.3 Å². The zero-order chi connectivity index (χ0) is 25.6. The SMILES string of the molecule is C[C@@H](CONC(=O)CC1CCN(c2ncc(C(=O)O)cn2)CC1)Nc1cn[nH]c(=O)c1C(F)(F)F. The molecule has 3 rings (SSSR count). The number of nitrogens with one attached hydrogen (secondary N) is 3. The second kappa shape index (κ2) is 11.1. The number of carbonyl (C=O) groups is 2. The quantitative estimate of drug-likeness (QED) is 0.371. The van der Waals surface area contributed by atoms with Gasteiger partial charge in [0.05, 0.1) is 24.1 Å². The molecule has 1 aliphatic rings. The lowest BCUT2D eigenvalue weighted by Gasteiger charge is -2.31. The van der Waals surface area contributed by atoms with Crippen LogP contribution in [0.15, 0.2) is 23.4 Å². The molecular formula is C20H24F3N7O5. The Labute approximate surface area is 196 Å². The van der Waals surface area contributed by atoms with Gasteiger partial charge in [0.1, 0.15) is 5.56 Å². The molecule has 1 aliphatic heterocycles. The first-order valence-corrected chi connectivity index (χ1v) is 10.7. The summed E-state index contributed by atoms with van der Waals surface area (Å²) in [6.45, 7) is 2.56. The summed E-state index contributed by atoms with van der Waals surface area (Å²) in [5.74, 6) is -0.967. The first kappa shape index (κ1) is 25.9. The van der Waals surface area contributed by atoms with Crippen LogP contribution < -0.4 is 21.3 Å². The number of aromatic amines is 1. The van der Waals surface area contributed by atoms with Crippen molar-refractivity contribution < 1.29 is 32.7 Å². The molecule has 2 aromatic heterocycles. The van der Waals surface area contributed by atoms with Crippen molar-refractivity contribution in [1.29, 1.82) is 0 Å². The van der Waals surface area contributed by atoms with Crippen LogP contribution in [0, 0.1) is 5.92 Å². The van der Waals surface area contributed by atoms with E-state index in [1.54, 1.807) is 5.10 Å². The lowest BCUT2D eigenvalue weighted by atomic mass is 9.93. The van der Waals surface area contributed by atoms with E-state index in [-0.39, 0.29) is 30.4 Å². The average Bonchev–Trinajstić information content (AvgIpc) is 2.79. The Morgan fingerprint density at radius 2 is 1.91 bits per heavy atom. The van der Waals surface area contributed by atoms with Crippen molar-refractivity contribution >= 4 is 23.5 Å². The summed E-state index contributed by atoms with van der Waals surface area (Å²) in [7, 11) is 0. The summed E-state index contributed by atoms with van der Waals surface area (Å²) in [6.07, 6.45) is 0.0525. The highest BCUT2D eigenvalue weighted by Crippen LogP contribution is 2.31. The third-order valence-electron chi connectivity index (χ3n) is 5.32. The fourth-order valence-electron chi connectivity index (χ4n) is 3.58. The van der Waals surface area contributed by atoms with Gasteiger partial charge < -0.3 is 15.3 Å². The molecule has 12 nitrogen and oxygen atoms in total. The Bertz CT molecular complexity index is 1090. The molecule has 1 saturated heterocycles. The van der Waals surface area contributed by atoms with E-state index in [9.17, 15) is 27.6 Å². The van der Waals surface area contributed by atoms with Gasteiger partial charge in [-0.2, -0.15) is 18.3 Å². The van der Waals surface area contributed by atoms with Crippen molar-refractivity contribution in [3.63, 3.8) is 0 Å². The number of rotatable bonds is 9. The number of H-pyrrole nitrogens is 1. The molecule has 0 saturated carbocycles. The normalized spacial score (nSPS) is 15.5. The van der Waals surface area contributed by atoms with Gasteiger partial charge in [0.15, 0.2) is 0 Å². The molecule has 190 valence electrons. The van der Waals surface area contributed by atoms with Gasteiger partial charge in [0.2, 0.25) is 11.9 Å². The number of piperidine rings is 1. The van der Waals surface area contributed by atoms with Crippen LogP contribution in [0.5, 0.6) is 0 Å². The van der Waals surface area contributed by atoms with Crippen molar-refractivity contribution in [2.75, 3.05) is 29.9 Å². The third-order valence-corrected chi connectivity index (χ3v) is 5.32. The number of amides is 1. The fraction of sp³-hybridized carbons (Fsp3) is 0.500. The highest BCUT2D eigenvalue weighted by atomic mass is 19.4. The maximum absolute atomic E-state index is 13.1. The lowest BCUT2D eigenvalue weighted by molar-refractivity contribution is -0.138. The van der Waals surface area contributed by atoms with Gasteiger partial charge in [-0.1, -0.05) is 0 Å². The summed E-state index contributed by atoms with van der Waals surface area (Å²) >= 11 is 0. The van der Waals surface area contributed by atoms with Crippen molar-refractivity contribution in [2.45, 2.75) is 38.4 Å². The molecule has 0 aliphatic carbocycles. The monoisotopic (exact) mass is 499 g/mol. The smallest absolute Gasteiger partial charge is 0.423 e.